The van der Waals surface area contributed by atoms with E-state index in [0.717, 1.165) is 40.9 Å². The van der Waals surface area contributed by atoms with E-state index in [9.17, 15) is 4.79 Å². The van der Waals surface area contributed by atoms with Crippen molar-refractivity contribution in [1.82, 2.24) is 9.88 Å². The number of nitrogens with one attached hydrogen (secondary N) is 1. The van der Waals surface area contributed by atoms with Crippen molar-refractivity contribution in [2.45, 2.75) is 0 Å². The van der Waals surface area contributed by atoms with E-state index in [-0.39, 0.29) is 5.91 Å². The van der Waals surface area contributed by atoms with Gasteiger partial charge in [0, 0.05) is 34.4 Å². The standard InChI is InChI=1S/C24H22ClN3O4S/c1-30-17-6-7-20-18(12-17)22(15-2-4-16(25)5-3-15)23(32-20)19-14-33-24(26-19)27-21(29)13-28-8-10-31-11-9-28/h2-7,12,14H,8-11,13H2,1H3,(H,26,27,29). The van der Waals surface area contributed by atoms with Crippen LogP contribution in [0.3, 0.4) is 0 Å². The summed E-state index contributed by atoms with van der Waals surface area (Å²) >= 11 is 7.48. The largest absolute Gasteiger partial charge is 0.497 e. The van der Waals surface area contributed by atoms with Crippen molar-refractivity contribution in [3.63, 3.8) is 0 Å². The zero-order valence-electron chi connectivity index (χ0n) is 18.0. The van der Waals surface area contributed by atoms with Crippen LogP contribution >= 0.6 is 22.9 Å². The lowest BCUT2D eigenvalue weighted by Gasteiger charge is -2.25. The fraction of sp³-hybridized carbons (Fsp3) is 0.250. The van der Waals surface area contributed by atoms with E-state index in [1.807, 2.05) is 47.8 Å². The van der Waals surface area contributed by atoms with Crippen LogP contribution in [0.15, 0.2) is 52.3 Å². The lowest BCUT2D eigenvalue weighted by atomic mass is 10.0. The Kier molecular flexibility index (Phi) is 6.32. The Labute approximate surface area is 199 Å². The van der Waals surface area contributed by atoms with Crippen molar-refractivity contribution in [1.29, 1.82) is 0 Å². The predicted molar refractivity (Wildman–Crippen MR) is 130 cm³/mol. The van der Waals surface area contributed by atoms with E-state index in [1.165, 1.54) is 11.3 Å². The number of hydrogen-bond acceptors (Lipinski definition) is 7. The maximum Gasteiger partial charge on any atom is 0.240 e. The highest BCUT2D eigenvalue weighted by molar-refractivity contribution is 7.14. The molecule has 0 atom stereocenters. The first-order valence-corrected chi connectivity index (χ1v) is 11.8. The molecule has 1 saturated heterocycles. The minimum absolute atomic E-state index is 0.0925. The number of rotatable bonds is 6. The fourth-order valence-corrected chi connectivity index (χ4v) is 4.68. The minimum atomic E-state index is -0.0925. The van der Waals surface area contributed by atoms with Crippen molar-refractivity contribution in [2.24, 2.45) is 0 Å². The van der Waals surface area contributed by atoms with E-state index >= 15 is 0 Å². The van der Waals surface area contributed by atoms with Crippen molar-refractivity contribution in [3.05, 3.63) is 52.9 Å². The minimum Gasteiger partial charge on any atom is -0.497 e. The topological polar surface area (TPSA) is 76.8 Å². The highest BCUT2D eigenvalue weighted by Crippen LogP contribution is 2.42. The average Bonchev–Trinajstić information content (AvgIpc) is 3.44. The van der Waals surface area contributed by atoms with Crippen molar-refractivity contribution < 1.29 is 18.7 Å². The molecule has 1 N–H and O–H groups in total. The first-order chi connectivity index (χ1) is 16.1. The van der Waals surface area contributed by atoms with Crippen LogP contribution in [0.25, 0.3) is 33.6 Å². The second kappa shape index (κ2) is 9.52. The molecule has 1 amide bonds. The first-order valence-electron chi connectivity index (χ1n) is 10.5. The molecular formula is C24H22ClN3O4S. The third-order valence-corrected chi connectivity index (χ3v) is 6.49. The Hall–Kier alpha value is -2.91. The lowest BCUT2D eigenvalue weighted by molar-refractivity contribution is -0.118. The van der Waals surface area contributed by atoms with E-state index in [2.05, 4.69) is 15.2 Å². The number of methoxy groups -OCH3 is 1. The molecule has 2 aromatic heterocycles. The highest BCUT2D eigenvalue weighted by atomic mass is 35.5. The number of anilines is 1. The molecule has 0 unspecified atom stereocenters. The summed E-state index contributed by atoms with van der Waals surface area (Å²) in [4.78, 5) is 19.2. The lowest BCUT2D eigenvalue weighted by Crippen LogP contribution is -2.41. The van der Waals surface area contributed by atoms with Crippen LogP contribution in [0.5, 0.6) is 5.75 Å². The maximum atomic E-state index is 12.5. The molecule has 3 heterocycles. The molecule has 4 aromatic rings. The molecule has 1 aliphatic rings. The van der Waals surface area contributed by atoms with Crippen molar-refractivity contribution in [2.75, 3.05) is 45.3 Å². The molecule has 5 rings (SSSR count). The molecule has 0 aliphatic carbocycles. The van der Waals surface area contributed by atoms with E-state index < -0.39 is 0 Å². The smallest absolute Gasteiger partial charge is 0.240 e. The van der Waals surface area contributed by atoms with Crippen LogP contribution in [0.2, 0.25) is 5.02 Å². The van der Waals surface area contributed by atoms with Gasteiger partial charge in [-0.25, -0.2) is 4.98 Å². The van der Waals surface area contributed by atoms with Gasteiger partial charge in [0.15, 0.2) is 10.9 Å². The van der Waals surface area contributed by atoms with Gasteiger partial charge in [-0.1, -0.05) is 23.7 Å². The Morgan fingerprint density at radius 3 is 2.76 bits per heavy atom. The summed E-state index contributed by atoms with van der Waals surface area (Å²) in [5, 5.41) is 6.89. The van der Waals surface area contributed by atoms with Crippen LogP contribution in [-0.4, -0.2) is 55.7 Å². The number of benzene rings is 2. The second-order valence-electron chi connectivity index (χ2n) is 7.65. The number of hydrogen-bond donors (Lipinski definition) is 1. The van der Waals surface area contributed by atoms with Crippen LogP contribution < -0.4 is 10.1 Å². The average molecular weight is 484 g/mol. The summed E-state index contributed by atoms with van der Waals surface area (Å²) in [7, 11) is 1.64. The summed E-state index contributed by atoms with van der Waals surface area (Å²) in [6.45, 7) is 3.13. The monoisotopic (exact) mass is 483 g/mol. The van der Waals surface area contributed by atoms with Gasteiger partial charge in [0.25, 0.3) is 0 Å². The first kappa shape index (κ1) is 21.9. The van der Waals surface area contributed by atoms with Crippen LogP contribution in [0, 0.1) is 0 Å². The number of fused-ring (bicyclic) bond motifs is 1. The summed E-state index contributed by atoms with van der Waals surface area (Å²) in [5.74, 6) is 1.27. The molecular weight excluding hydrogens is 462 g/mol. The van der Waals surface area contributed by atoms with Gasteiger partial charge in [0.2, 0.25) is 5.91 Å². The van der Waals surface area contributed by atoms with Gasteiger partial charge in [-0.05, 0) is 35.9 Å². The molecule has 0 spiro atoms. The second-order valence-corrected chi connectivity index (χ2v) is 8.94. The van der Waals surface area contributed by atoms with Gasteiger partial charge in [-0.2, -0.15) is 0 Å². The van der Waals surface area contributed by atoms with Crippen LogP contribution in [0.1, 0.15) is 0 Å². The molecule has 0 saturated carbocycles. The molecule has 1 fully saturated rings. The zero-order valence-corrected chi connectivity index (χ0v) is 19.5. The van der Waals surface area contributed by atoms with Gasteiger partial charge < -0.3 is 19.2 Å². The van der Waals surface area contributed by atoms with Crippen molar-refractivity contribution >= 4 is 44.9 Å². The molecule has 7 nitrogen and oxygen atoms in total. The van der Waals surface area contributed by atoms with Gasteiger partial charge in [0.05, 0.1) is 26.9 Å². The molecule has 1 aliphatic heterocycles. The molecule has 170 valence electrons. The van der Waals surface area contributed by atoms with Gasteiger partial charge in [0.1, 0.15) is 17.0 Å². The number of morpholine rings is 1. The zero-order chi connectivity index (χ0) is 22.8. The van der Waals surface area contributed by atoms with Crippen LogP contribution in [-0.2, 0) is 9.53 Å². The van der Waals surface area contributed by atoms with Crippen molar-refractivity contribution in [3.8, 4) is 28.3 Å². The number of nitrogens with zero attached hydrogens (tertiary/aromatic N) is 2. The number of furan rings is 1. The number of amides is 1. The predicted octanol–water partition coefficient (Wildman–Crippen LogP) is 5.16. The number of carbonyl (C=O) groups is 1. The highest BCUT2D eigenvalue weighted by Gasteiger charge is 2.21. The van der Waals surface area contributed by atoms with Crippen LogP contribution in [0.4, 0.5) is 5.13 Å². The molecule has 0 bridgehead atoms. The number of thiazole rings is 1. The third kappa shape index (κ3) is 4.74. The summed E-state index contributed by atoms with van der Waals surface area (Å²) in [6, 6.07) is 13.3. The summed E-state index contributed by atoms with van der Waals surface area (Å²) in [6.07, 6.45) is 0. The normalized spacial score (nSPS) is 14.5. The summed E-state index contributed by atoms with van der Waals surface area (Å²) in [5.41, 5.74) is 3.23. The Morgan fingerprint density at radius 2 is 2.00 bits per heavy atom. The maximum absolute atomic E-state index is 12.5. The Morgan fingerprint density at radius 1 is 1.21 bits per heavy atom. The fourth-order valence-electron chi connectivity index (χ4n) is 3.84. The summed E-state index contributed by atoms with van der Waals surface area (Å²) < 4.78 is 17.0. The Bertz CT molecular complexity index is 1280. The SMILES string of the molecule is COc1ccc2oc(-c3csc(NC(=O)CN4CCOCC4)n3)c(-c3ccc(Cl)cc3)c2c1. The quantitative estimate of drug-likeness (QED) is 0.408. The van der Waals surface area contributed by atoms with Gasteiger partial charge in [-0.3, -0.25) is 9.69 Å². The molecule has 33 heavy (non-hydrogen) atoms. The van der Waals surface area contributed by atoms with Gasteiger partial charge in [-0.15, -0.1) is 11.3 Å². The van der Waals surface area contributed by atoms with Gasteiger partial charge >= 0.3 is 0 Å². The van der Waals surface area contributed by atoms with E-state index in [4.69, 9.17) is 25.5 Å². The molecule has 0 radical (unpaired) electrons. The molecule has 9 heteroatoms. The van der Waals surface area contributed by atoms with E-state index in [0.29, 0.717) is 41.4 Å². The van der Waals surface area contributed by atoms with E-state index in [1.54, 1.807) is 7.11 Å². The number of halogens is 1. The number of ether oxygens (including phenoxy) is 2. The number of carbonyl (C=O) groups excluding carboxylic acids is 1. The number of aromatic nitrogens is 1. The third-order valence-electron chi connectivity index (χ3n) is 5.48. The Balaban J connectivity index is 1.47. The molecule has 2 aromatic carbocycles.